The van der Waals surface area contributed by atoms with Crippen LogP contribution in [0.5, 0.6) is 5.75 Å². The van der Waals surface area contributed by atoms with Crippen LogP contribution in [0.1, 0.15) is 24.2 Å². The van der Waals surface area contributed by atoms with E-state index >= 15 is 0 Å². The molecule has 0 aliphatic rings. The SMILES string of the molecule is CCOc1cc2ccoc2cc1C(C)=O. The molecule has 0 radical (unpaired) electrons. The normalized spacial score (nSPS) is 10.5. The second-order valence-electron chi connectivity index (χ2n) is 3.30. The minimum absolute atomic E-state index is 0.0169. The van der Waals surface area contributed by atoms with Crippen LogP contribution in [-0.2, 0) is 0 Å². The van der Waals surface area contributed by atoms with Crippen LogP contribution in [0.25, 0.3) is 11.0 Å². The molecule has 1 aromatic heterocycles. The largest absolute Gasteiger partial charge is 0.493 e. The van der Waals surface area contributed by atoms with E-state index in [0.29, 0.717) is 23.5 Å². The maximum absolute atomic E-state index is 11.4. The maximum atomic E-state index is 11.4. The lowest BCUT2D eigenvalue weighted by Crippen LogP contribution is -2.00. The molecule has 3 heteroatoms. The zero-order valence-electron chi connectivity index (χ0n) is 8.74. The first kappa shape index (κ1) is 9.77. The van der Waals surface area contributed by atoms with E-state index in [1.165, 1.54) is 6.92 Å². The van der Waals surface area contributed by atoms with Gasteiger partial charge in [-0.15, -0.1) is 0 Å². The molecule has 0 aliphatic carbocycles. The van der Waals surface area contributed by atoms with Crippen LogP contribution in [0.15, 0.2) is 28.9 Å². The van der Waals surface area contributed by atoms with Crippen molar-refractivity contribution in [2.45, 2.75) is 13.8 Å². The van der Waals surface area contributed by atoms with Crippen molar-refractivity contribution in [2.24, 2.45) is 0 Å². The highest BCUT2D eigenvalue weighted by atomic mass is 16.5. The Hall–Kier alpha value is -1.77. The number of rotatable bonds is 3. The van der Waals surface area contributed by atoms with E-state index < -0.39 is 0 Å². The Morgan fingerprint density at radius 1 is 1.47 bits per heavy atom. The highest BCUT2D eigenvalue weighted by Gasteiger charge is 2.11. The molecule has 0 unspecified atom stereocenters. The third kappa shape index (κ3) is 1.73. The number of hydrogen-bond acceptors (Lipinski definition) is 3. The Morgan fingerprint density at radius 3 is 2.93 bits per heavy atom. The number of fused-ring (bicyclic) bond motifs is 1. The van der Waals surface area contributed by atoms with Gasteiger partial charge in [0.1, 0.15) is 11.3 Å². The minimum Gasteiger partial charge on any atom is -0.493 e. The fraction of sp³-hybridized carbons (Fsp3) is 0.250. The van der Waals surface area contributed by atoms with Gasteiger partial charge in [0.25, 0.3) is 0 Å². The van der Waals surface area contributed by atoms with E-state index in [0.717, 1.165) is 5.39 Å². The predicted octanol–water partition coefficient (Wildman–Crippen LogP) is 3.03. The molecule has 3 nitrogen and oxygen atoms in total. The lowest BCUT2D eigenvalue weighted by molar-refractivity contribution is 0.101. The molecular formula is C12H12O3. The van der Waals surface area contributed by atoms with Crippen molar-refractivity contribution >= 4 is 16.8 Å². The number of ketones is 1. The molecule has 15 heavy (non-hydrogen) atoms. The molecule has 0 bridgehead atoms. The van der Waals surface area contributed by atoms with Crippen LogP contribution in [0.3, 0.4) is 0 Å². The van der Waals surface area contributed by atoms with Crippen molar-refractivity contribution < 1.29 is 13.9 Å². The Kier molecular flexibility index (Phi) is 2.46. The summed E-state index contributed by atoms with van der Waals surface area (Å²) in [5, 5.41) is 0.948. The van der Waals surface area contributed by atoms with Crippen LogP contribution in [0, 0.1) is 0 Å². The molecule has 1 aromatic carbocycles. The number of ether oxygens (including phenoxy) is 1. The highest BCUT2D eigenvalue weighted by Crippen LogP contribution is 2.27. The number of furan rings is 1. The van der Waals surface area contributed by atoms with Gasteiger partial charge in [-0.05, 0) is 32.0 Å². The molecule has 0 fully saturated rings. The molecule has 0 aliphatic heterocycles. The Balaban J connectivity index is 2.62. The zero-order chi connectivity index (χ0) is 10.8. The predicted molar refractivity (Wildman–Crippen MR) is 57.4 cm³/mol. The molecule has 0 saturated heterocycles. The van der Waals surface area contributed by atoms with Gasteiger partial charge < -0.3 is 9.15 Å². The van der Waals surface area contributed by atoms with E-state index in [2.05, 4.69) is 0 Å². The van der Waals surface area contributed by atoms with Crippen LogP contribution < -0.4 is 4.74 Å². The van der Waals surface area contributed by atoms with E-state index in [1.54, 1.807) is 12.3 Å². The summed E-state index contributed by atoms with van der Waals surface area (Å²) in [6, 6.07) is 5.41. The van der Waals surface area contributed by atoms with Crippen molar-refractivity contribution in [1.29, 1.82) is 0 Å². The molecule has 78 valence electrons. The average Bonchev–Trinajstić information content (AvgIpc) is 2.63. The summed E-state index contributed by atoms with van der Waals surface area (Å²) in [6.07, 6.45) is 1.60. The van der Waals surface area contributed by atoms with Crippen LogP contribution in [-0.4, -0.2) is 12.4 Å². The van der Waals surface area contributed by atoms with Gasteiger partial charge in [-0.2, -0.15) is 0 Å². The van der Waals surface area contributed by atoms with Crippen LogP contribution >= 0.6 is 0 Å². The van der Waals surface area contributed by atoms with E-state index in [4.69, 9.17) is 9.15 Å². The van der Waals surface area contributed by atoms with Gasteiger partial charge in [0.05, 0.1) is 18.4 Å². The van der Waals surface area contributed by atoms with E-state index in [-0.39, 0.29) is 5.78 Å². The standard InChI is InChI=1S/C12H12O3/c1-3-14-12-6-9-4-5-15-11(9)7-10(12)8(2)13/h4-7H,3H2,1-2H3. The molecular weight excluding hydrogens is 192 g/mol. The summed E-state index contributed by atoms with van der Waals surface area (Å²) < 4.78 is 10.6. The number of carbonyl (C=O) groups excluding carboxylic acids is 1. The van der Waals surface area contributed by atoms with Crippen molar-refractivity contribution in [3.8, 4) is 5.75 Å². The summed E-state index contributed by atoms with van der Waals surface area (Å²) in [6.45, 7) is 3.96. The van der Waals surface area contributed by atoms with Gasteiger partial charge in [0.15, 0.2) is 5.78 Å². The van der Waals surface area contributed by atoms with Crippen molar-refractivity contribution in [2.75, 3.05) is 6.61 Å². The Bertz CT molecular complexity index is 497. The van der Waals surface area contributed by atoms with E-state index in [1.807, 2.05) is 19.1 Å². The maximum Gasteiger partial charge on any atom is 0.163 e. The average molecular weight is 204 g/mol. The second-order valence-corrected chi connectivity index (χ2v) is 3.30. The molecule has 2 aromatic rings. The Labute approximate surface area is 87.6 Å². The number of carbonyl (C=O) groups is 1. The quantitative estimate of drug-likeness (QED) is 0.721. The molecule has 1 heterocycles. The van der Waals surface area contributed by atoms with Gasteiger partial charge in [-0.3, -0.25) is 4.79 Å². The first-order valence-electron chi connectivity index (χ1n) is 4.87. The number of Topliss-reactive ketones (excluding diaryl/α,β-unsaturated/α-hetero) is 1. The van der Waals surface area contributed by atoms with Gasteiger partial charge in [-0.1, -0.05) is 0 Å². The Morgan fingerprint density at radius 2 is 2.27 bits per heavy atom. The highest BCUT2D eigenvalue weighted by molar-refractivity contribution is 6.00. The zero-order valence-corrected chi connectivity index (χ0v) is 8.74. The molecule has 0 atom stereocenters. The number of hydrogen-bond donors (Lipinski definition) is 0. The van der Waals surface area contributed by atoms with Gasteiger partial charge in [-0.25, -0.2) is 0 Å². The topological polar surface area (TPSA) is 39.4 Å². The van der Waals surface area contributed by atoms with Gasteiger partial charge in [0, 0.05) is 5.39 Å². The molecule has 0 amide bonds. The monoisotopic (exact) mass is 204 g/mol. The second kappa shape index (κ2) is 3.77. The van der Waals surface area contributed by atoms with Crippen LogP contribution in [0.4, 0.5) is 0 Å². The van der Waals surface area contributed by atoms with E-state index in [9.17, 15) is 4.79 Å². The smallest absolute Gasteiger partial charge is 0.163 e. The summed E-state index contributed by atoms with van der Waals surface area (Å²) in [7, 11) is 0. The molecule has 0 saturated carbocycles. The molecule has 2 rings (SSSR count). The van der Waals surface area contributed by atoms with Crippen LogP contribution in [0.2, 0.25) is 0 Å². The lowest BCUT2D eigenvalue weighted by atomic mass is 10.1. The van der Waals surface area contributed by atoms with Crippen molar-refractivity contribution in [3.05, 3.63) is 30.0 Å². The fourth-order valence-electron chi connectivity index (χ4n) is 1.54. The summed E-state index contributed by atoms with van der Waals surface area (Å²) in [5.41, 5.74) is 1.28. The van der Waals surface area contributed by atoms with Gasteiger partial charge >= 0.3 is 0 Å². The molecule has 0 N–H and O–H groups in total. The minimum atomic E-state index is -0.0169. The lowest BCUT2D eigenvalue weighted by Gasteiger charge is -2.07. The first-order valence-corrected chi connectivity index (χ1v) is 4.87. The van der Waals surface area contributed by atoms with Gasteiger partial charge in [0.2, 0.25) is 0 Å². The third-order valence-corrected chi connectivity index (χ3v) is 2.23. The summed E-state index contributed by atoms with van der Waals surface area (Å²) in [5.74, 6) is 0.607. The fourth-order valence-corrected chi connectivity index (χ4v) is 1.54. The first-order chi connectivity index (χ1) is 7.22. The third-order valence-electron chi connectivity index (χ3n) is 2.23. The summed E-state index contributed by atoms with van der Waals surface area (Å²) >= 11 is 0. The molecule has 0 spiro atoms. The van der Waals surface area contributed by atoms with Crippen molar-refractivity contribution in [3.63, 3.8) is 0 Å². The van der Waals surface area contributed by atoms with Crippen molar-refractivity contribution in [1.82, 2.24) is 0 Å². The number of benzene rings is 1. The summed E-state index contributed by atoms with van der Waals surface area (Å²) in [4.78, 5) is 11.4.